The number of hydrogen-bond donors (Lipinski definition) is 2. The summed E-state index contributed by atoms with van der Waals surface area (Å²) in [7, 11) is 1.57. The first-order chi connectivity index (χ1) is 9.08. The Morgan fingerprint density at radius 2 is 2.32 bits per heavy atom. The number of likely N-dealkylation sites (tertiary alicyclic amines) is 1. The van der Waals surface area contributed by atoms with E-state index >= 15 is 0 Å². The molecule has 1 aliphatic rings. The molecule has 1 saturated heterocycles. The molecule has 7 nitrogen and oxygen atoms in total. The van der Waals surface area contributed by atoms with Gasteiger partial charge in [-0.3, -0.25) is 14.3 Å². The number of nitrogens with one attached hydrogen (secondary N) is 1. The zero-order valence-corrected chi connectivity index (χ0v) is 11.2. The third-order valence-electron chi connectivity index (χ3n) is 3.38. The van der Waals surface area contributed by atoms with E-state index in [1.807, 2.05) is 6.92 Å². The third kappa shape index (κ3) is 2.40. The van der Waals surface area contributed by atoms with Crippen molar-refractivity contribution < 1.29 is 9.59 Å². The number of carbonyl (C=O) groups excluding carboxylic acids is 2. The molecular formula is C12H19N5O2. The second kappa shape index (κ2) is 5.29. The van der Waals surface area contributed by atoms with Gasteiger partial charge in [0.25, 0.3) is 5.91 Å². The molecule has 2 heterocycles. The molecule has 104 valence electrons. The van der Waals surface area contributed by atoms with Crippen molar-refractivity contribution in [2.45, 2.75) is 32.4 Å². The van der Waals surface area contributed by atoms with Crippen LogP contribution in [0.1, 0.15) is 30.3 Å². The fourth-order valence-electron chi connectivity index (χ4n) is 2.35. The van der Waals surface area contributed by atoms with E-state index in [0.717, 1.165) is 6.42 Å². The fourth-order valence-corrected chi connectivity index (χ4v) is 2.35. The van der Waals surface area contributed by atoms with Crippen LogP contribution in [-0.2, 0) is 11.3 Å². The lowest BCUT2D eigenvalue weighted by atomic mass is 10.2. The van der Waals surface area contributed by atoms with Gasteiger partial charge in [-0.25, -0.2) is 0 Å². The summed E-state index contributed by atoms with van der Waals surface area (Å²) in [5.74, 6) is -0.407. The predicted molar refractivity (Wildman–Crippen MR) is 70.4 cm³/mol. The summed E-state index contributed by atoms with van der Waals surface area (Å²) in [4.78, 5) is 25.7. The molecule has 7 heteroatoms. The standard InChI is InChI=1S/C12H19N5O2/c1-3-16-7-8(13)10(15-16)12(19)17-6-4-5-9(17)11(18)14-2/h7,9H,3-6,13H2,1-2H3,(H,14,18). The molecular weight excluding hydrogens is 246 g/mol. The van der Waals surface area contributed by atoms with E-state index in [4.69, 9.17) is 5.73 Å². The molecule has 0 radical (unpaired) electrons. The summed E-state index contributed by atoms with van der Waals surface area (Å²) in [6.07, 6.45) is 3.14. The van der Waals surface area contributed by atoms with Crippen LogP contribution in [0.3, 0.4) is 0 Å². The molecule has 1 fully saturated rings. The Balaban J connectivity index is 2.22. The van der Waals surface area contributed by atoms with Crippen molar-refractivity contribution in [2.75, 3.05) is 19.3 Å². The van der Waals surface area contributed by atoms with Crippen LogP contribution in [-0.4, -0.2) is 46.1 Å². The molecule has 1 atom stereocenters. The number of carbonyl (C=O) groups is 2. The zero-order chi connectivity index (χ0) is 14.0. The maximum absolute atomic E-state index is 12.4. The fraction of sp³-hybridized carbons (Fsp3) is 0.583. The second-order valence-corrected chi connectivity index (χ2v) is 4.56. The van der Waals surface area contributed by atoms with Crippen molar-refractivity contribution >= 4 is 17.5 Å². The van der Waals surface area contributed by atoms with Gasteiger partial charge in [0.1, 0.15) is 6.04 Å². The van der Waals surface area contributed by atoms with Crippen LogP contribution in [0.4, 0.5) is 5.69 Å². The number of aryl methyl sites for hydroxylation is 1. The first kappa shape index (κ1) is 13.4. The van der Waals surface area contributed by atoms with Crippen LogP contribution in [0.25, 0.3) is 0 Å². The quantitative estimate of drug-likeness (QED) is 0.794. The van der Waals surface area contributed by atoms with Gasteiger partial charge in [-0.05, 0) is 19.8 Å². The SMILES string of the molecule is CCn1cc(N)c(C(=O)N2CCCC2C(=O)NC)n1. The van der Waals surface area contributed by atoms with Crippen LogP contribution in [0.15, 0.2) is 6.20 Å². The normalized spacial score (nSPS) is 18.6. The Morgan fingerprint density at radius 3 is 2.89 bits per heavy atom. The molecule has 0 spiro atoms. The Morgan fingerprint density at radius 1 is 1.58 bits per heavy atom. The highest BCUT2D eigenvalue weighted by molar-refractivity contribution is 6.00. The Kier molecular flexibility index (Phi) is 3.73. The van der Waals surface area contributed by atoms with Crippen molar-refractivity contribution in [3.63, 3.8) is 0 Å². The summed E-state index contributed by atoms with van der Waals surface area (Å²) >= 11 is 0. The summed E-state index contributed by atoms with van der Waals surface area (Å²) in [6, 6.07) is -0.413. The van der Waals surface area contributed by atoms with Gasteiger partial charge in [-0.2, -0.15) is 5.10 Å². The highest BCUT2D eigenvalue weighted by Gasteiger charge is 2.35. The summed E-state index contributed by atoms with van der Waals surface area (Å²) in [5.41, 5.74) is 6.40. The molecule has 2 rings (SSSR count). The lowest BCUT2D eigenvalue weighted by molar-refractivity contribution is -0.124. The molecule has 1 aromatic rings. The van der Waals surface area contributed by atoms with Gasteiger partial charge in [0.05, 0.1) is 5.69 Å². The van der Waals surface area contributed by atoms with E-state index in [9.17, 15) is 9.59 Å². The van der Waals surface area contributed by atoms with Crippen molar-refractivity contribution in [1.29, 1.82) is 0 Å². The Labute approximate surface area is 111 Å². The lowest BCUT2D eigenvalue weighted by Gasteiger charge is -2.22. The number of hydrogen-bond acceptors (Lipinski definition) is 4. The van der Waals surface area contributed by atoms with Gasteiger partial charge in [0.2, 0.25) is 5.91 Å². The highest BCUT2D eigenvalue weighted by Crippen LogP contribution is 2.22. The first-order valence-electron chi connectivity index (χ1n) is 6.44. The molecule has 0 aliphatic carbocycles. The number of rotatable bonds is 3. The molecule has 2 amide bonds. The van der Waals surface area contributed by atoms with Crippen LogP contribution < -0.4 is 11.1 Å². The van der Waals surface area contributed by atoms with Crippen LogP contribution in [0, 0.1) is 0 Å². The maximum atomic E-state index is 12.4. The number of aromatic nitrogens is 2. The summed E-state index contributed by atoms with van der Waals surface area (Å²) in [5, 5.41) is 6.75. The van der Waals surface area contributed by atoms with Crippen LogP contribution in [0.5, 0.6) is 0 Å². The number of nitrogens with zero attached hydrogens (tertiary/aromatic N) is 3. The third-order valence-corrected chi connectivity index (χ3v) is 3.38. The van der Waals surface area contributed by atoms with Crippen molar-refractivity contribution in [3.05, 3.63) is 11.9 Å². The summed E-state index contributed by atoms with van der Waals surface area (Å²) < 4.78 is 1.62. The molecule has 3 N–H and O–H groups in total. The monoisotopic (exact) mass is 265 g/mol. The molecule has 19 heavy (non-hydrogen) atoms. The van der Waals surface area contributed by atoms with Gasteiger partial charge in [0.15, 0.2) is 5.69 Å². The Bertz CT molecular complexity index is 496. The largest absolute Gasteiger partial charge is 0.396 e. The van der Waals surface area contributed by atoms with E-state index in [0.29, 0.717) is 25.2 Å². The van der Waals surface area contributed by atoms with Gasteiger partial charge in [-0.15, -0.1) is 0 Å². The number of likely N-dealkylation sites (N-methyl/N-ethyl adjacent to an activating group) is 1. The minimum atomic E-state index is -0.413. The van der Waals surface area contributed by atoms with Crippen LogP contribution >= 0.6 is 0 Å². The number of amides is 2. The molecule has 0 saturated carbocycles. The van der Waals surface area contributed by atoms with Crippen molar-refractivity contribution in [3.8, 4) is 0 Å². The zero-order valence-electron chi connectivity index (χ0n) is 11.2. The highest BCUT2D eigenvalue weighted by atomic mass is 16.2. The topological polar surface area (TPSA) is 93.2 Å². The van der Waals surface area contributed by atoms with E-state index in [-0.39, 0.29) is 17.5 Å². The minimum absolute atomic E-state index is 0.139. The van der Waals surface area contributed by atoms with Crippen molar-refractivity contribution in [1.82, 2.24) is 20.0 Å². The minimum Gasteiger partial charge on any atom is -0.396 e. The molecule has 1 unspecified atom stereocenters. The van der Waals surface area contributed by atoms with E-state index in [1.165, 1.54) is 0 Å². The average Bonchev–Trinajstić information content (AvgIpc) is 3.03. The van der Waals surface area contributed by atoms with Gasteiger partial charge in [-0.1, -0.05) is 0 Å². The Hall–Kier alpha value is -2.05. The van der Waals surface area contributed by atoms with Gasteiger partial charge in [0, 0.05) is 26.3 Å². The van der Waals surface area contributed by atoms with E-state index < -0.39 is 6.04 Å². The first-order valence-corrected chi connectivity index (χ1v) is 6.44. The van der Waals surface area contributed by atoms with Crippen LogP contribution in [0.2, 0.25) is 0 Å². The smallest absolute Gasteiger partial charge is 0.277 e. The second-order valence-electron chi connectivity index (χ2n) is 4.56. The number of anilines is 1. The lowest BCUT2D eigenvalue weighted by Crippen LogP contribution is -2.45. The number of nitrogen functional groups attached to an aromatic ring is 1. The molecule has 0 aromatic carbocycles. The number of nitrogens with two attached hydrogens (primary N) is 1. The predicted octanol–water partition coefficient (Wildman–Crippen LogP) is -0.164. The average molecular weight is 265 g/mol. The maximum Gasteiger partial charge on any atom is 0.277 e. The summed E-state index contributed by atoms with van der Waals surface area (Å²) in [6.45, 7) is 3.13. The molecule has 0 bridgehead atoms. The van der Waals surface area contributed by atoms with Gasteiger partial charge >= 0.3 is 0 Å². The van der Waals surface area contributed by atoms with E-state index in [2.05, 4.69) is 10.4 Å². The molecule has 1 aliphatic heterocycles. The van der Waals surface area contributed by atoms with Gasteiger partial charge < -0.3 is 16.0 Å². The van der Waals surface area contributed by atoms with Crippen molar-refractivity contribution in [2.24, 2.45) is 0 Å². The van der Waals surface area contributed by atoms with E-state index in [1.54, 1.807) is 22.8 Å². The molecule has 1 aromatic heterocycles.